The summed E-state index contributed by atoms with van der Waals surface area (Å²) in [4.78, 5) is 12.6. The number of anilines is 2. The van der Waals surface area contributed by atoms with Gasteiger partial charge >= 0.3 is 26.3 Å². The van der Waals surface area contributed by atoms with Crippen LogP contribution in [0.1, 0.15) is 5.56 Å². The first-order chi connectivity index (χ1) is 17.7. The number of para-hydroxylation sites is 2. The highest BCUT2D eigenvalue weighted by Crippen LogP contribution is 2.28. The van der Waals surface area contributed by atoms with Crippen molar-refractivity contribution in [3.63, 3.8) is 0 Å². The lowest BCUT2D eigenvalue weighted by molar-refractivity contribution is 0.262. The Morgan fingerprint density at radius 1 is 0.676 bits per heavy atom. The van der Waals surface area contributed by atoms with Crippen LogP contribution in [0.25, 0.3) is 0 Å². The van der Waals surface area contributed by atoms with Crippen LogP contribution in [-0.4, -0.2) is 22.9 Å². The Bertz CT molecular complexity index is 1590. The number of amides is 2. The van der Waals surface area contributed by atoms with Crippen molar-refractivity contribution in [2.24, 2.45) is 0 Å². The van der Waals surface area contributed by atoms with Gasteiger partial charge in [-0.1, -0.05) is 66.7 Å². The molecule has 9 nitrogen and oxygen atoms in total. The molecule has 0 radical (unpaired) electrons. The van der Waals surface area contributed by atoms with Gasteiger partial charge in [0.15, 0.2) is 5.75 Å². The predicted octanol–water partition coefficient (Wildman–Crippen LogP) is 5.01. The van der Waals surface area contributed by atoms with Crippen molar-refractivity contribution in [3.05, 3.63) is 115 Å². The van der Waals surface area contributed by atoms with Gasteiger partial charge in [0.25, 0.3) is 0 Å². The molecule has 0 unspecified atom stereocenters. The van der Waals surface area contributed by atoms with E-state index >= 15 is 0 Å². The highest BCUT2D eigenvalue weighted by atomic mass is 32.2. The first-order valence-corrected chi connectivity index (χ1v) is 13.9. The Kier molecular flexibility index (Phi) is 7.75. The van der Waals surface area contributed by atoms with Crippen LogP contribution < -0.4 is 19.0 Å². The Labute approximate surface area is 214 Å². The molecule has 0 aromatic heterocycles. The Morgan fingerprint density at radius 2 is 1.32 bits per heavy atom. The van der Waals surface area contributed by atoms with Crippen molar-refractivity contribution in [2.45, 2.75) is 10.6 Å². The van der Waals surface area contributed by atoms with Crippen molar-refractivity contribution in [1.29, 1.82) is 0 Å². The Morgan fingerprint density at radius 3 is 2.05 bits per heavy atom. The molecular formula is C26H22N2O7S2. The topological polar surface area (TPSA) is 128 Å². The van der Waals surface area contributed by atoms with Gasteiger partial charge in [-0.3, -0.25) is 0 Å². The van der Waals surface area contributed by atoms with E-state index in [-0.39, 0.29) is 33.5 Å². The third-order valence-electron chi connectivity index (χ3n) is 4.87. The molecule has 2 amide bonds. The van der Waals surface area contributed by atoms with Gasteiger partial charge in [0, 0.05) is 11.8 Å². The molecule has 0 bridgehead atoms. The van der Waals surface area contributed by atoms with E-state index in [0.717, 1.165) is 0 Å². The van der Waals surface area contributed by atoms with Crippen molar-refractivity contribution in [3.8, 4) is 11.5 Å². The largest absolute Gasteiger partial charge is 0.382 e. The first kappa shape index (κ1) is 25.7. The highest BCUT2D eigenvalue weighted by Gasteiger charge is 2.19. The molecule has 0 spiro atoms. The lowest BCUT2D eigenvalue weighted by Gasteiger charge is -2.13. The monoisotopic (exact) mass is 538 g/mol. The van der Waals surface area contributed by atoms with Gasteiger partial charge in [0.1, 0.15) is 16.4 Å². The minimum atomic E-state index is -4.12. The number of benzene rings is 4. The average molecular weight is 539 g/mol. The molecule has 0 aliphatic heterocycles. The van der Waals surface area contributed by atoms with Gasteiger partial charge in [-0.25, -0.2) is 4.79 Å². The van der Waals surface area contributed by atoms with E-state index in [4.69, 9.17) is 8.37 Å². The third kappa shape index (κ3) is 7.32. The van der Waals surface area contributed by atoms with Crippen molar-refractivity contribution in [2.75, 3.05) is 10.6 Å². The lowest BCUT2D eigenvalue weighted by atomic mass is 10.2. The number of carbonyl (C=O) groups is 1. The molecule has 37 heavy (non-hydrogen) atoms. The van der Waals surface area contributed by atoms with E-state index in [1.165, 1.54) is 42.5 Å². The zero-order valence-electron chi connectivity index (χ0n) is 19.3. The first-order valence-electron chi connectivity index (χ1n) is 10.9. The van der Waals surface area contributed by atoms with Gasteiger partial charge in [0.05, 0.1) is 5.69 Å². The lowest BCUT2D eigenvalue weighted by Crippen LogP contribution is -2.20. The Hall–Kier alpha value is -4.35. The Balaban J connectivity index is 1.43. The molecule has 0 aliphatic carbocycles. The summed E-state index contributed by atoms with van der Waals surface area (Å²) < 4.78 is 60.4. The molecule has 0 aliphatic rings. The molecule has 0 saturated heterocycles. The standard InChI is InChI=1S/C26H22N2O7S2/c29-26(28-24-16-7-8-17-25(24)35-37(32,33)23-14-5-2-6-15-23)27-21-12-9-13-22(18-21)34-36(30,31)19-20-10-3-1-4-11-20/h1-18H,19H2,(H2,27,28,29). The molecule has 190 valence electrons. The molecule has 2 N–H and O–H groups in total. The van der Waals surface area contributed by atoms with Crippen LogP contribution in [0.2, 0.25) is 0 Å². The molecule has 4 aromatic rings. The molecule has 0 atom stereocenters. The maximum Gasteiger partial charge on any atom is 0.339 e. The van der Waals surface area contributed by atoms with Crippen LogP contribution in [0, 0.1) is 0 Å². The van der Waals surface area contributed by atoms with Crippen molar-refractivity contribution in [1.82, 2.24) is 0 Å². The SMILES string of the molecule is O=C(Nc1cccc(OS(=O)(=O)Cc2ccccc2)c1)Nc1ccccc1OS(=O)(=O)c1ccccc1. The zero-order chi connectivity index (χ0) is 26.3. The number of hydrogen-bond acceptors (Lipinski definition) is 7. The number of rotatable bonds is 9. The predicted molar refractivity (Wildman–Crippen MR) is 139 cm³/mol. The van der Waals surface area contributed by atoms with E-state index in [0.29, 0.717) is 5.56 Å². The second-order valence-electron chi connectivity index (χ2n) is 7.72. The van der Waals surface area contributed by atoms with Crippen LogP contribution in [0.5, 0.6) is 11.5 Å². The molecule has 4 aromatic carbocycles. The fraction of sp³-hybridized carbons (Fsp3) is 0.0385. The third-order valence-corrected chi connectivity index (χ3v) is 7.25. The highest BCUT2D eigenvalue weighted by molar-refractivity contribution is 7.87. The molecular weight excluding hydrogens is 516 g/mol. The number of hydrogen-bond donors (Lipinski definition) is 2. The second kappa shape index (κ2) is 11.1. The van der Waals surface area contributed by atoms with Gasteiger partial charge in [-0.2, -0.15) is 16.8 Å². The quantitative estimate of drug-likeness (QED) is 0.287. The van der Waals surface area contributed by atoms with Crippen molar-refractivity contribution >= 4 is 37.6 Å². The van der Waals surface area contributed by atoms with Gasteiger partial charge in [0.2, 0.25) is 0 Å². The molecule has 4 rings (SSSR count). The summed E-state index contributed by atoms with van der Waals surface area (Å²) in [5, 5.41) is 5.09. The average Bonchev–Trinajstić information content (AvgIpc) is 2.86. The summed E-state index contributed by atoms with van der Waals surface area (Å²) in [6.07, 6.45) is 0. The number of nitrogens with one attached hydrogen (secondary N) is 2. The minimum Gasteiger partial charge on any atom is -0.382 e. The fourth-order valence-electron chi connectivity index (χ4n) is 3.26. The smallest absolute Gasteiger partial charge is 0.339 e. The maximum absolute atomic E-state index is 12.6. The summed E-state index contributed by atoms with van der Waals surface area (Å²) in [6, 6.07) is 27.4. The summed E-state index contributed by atoms with van der Waals surface area (Å²) in [7, 11) is -8.05. The van der Waals surface area contributed by atoms with Crippen LogP contribution in [0.3, 0.4) is 0 Å². The van der Waals surface area contributed by atoms with Crippen LogP contribution in [0.15, 0.2) is 114 Å². The van der Waals surface area contributed by atoms with E-state index in [2.05, 4.69) is 10.6 Å². The van der Waals surface area contributed by atoms with Crippen LogP contribution in [-0.2, 0) is 26.0 Å². The second-order valence-corrected chi connectivity index (χ2v) is 10.8. The molecule has 0 heterocycles. The van der Waals surface area contributed by atoms with E-state index in [1.54, 1.807) is 66.7 Å². The zero-order valence-corrected chi connectivity index (χ0v) is 20.9. The number of urea groups is 1. The fourth-order valence-corrected chi connectivity index (χ4v) is 5.29. The molecule has 0 fully saturated rings. The maximum atomic E-state index is 12.6. The normalized spacial score (nSPS) is 11.4. The van der Waals surface area contributed by atoms with Gasteiger partial charge in [-0.15, -0.1) is 0 Å². The van der Waals surface area contributed by atoms with E-state index in [1.807, 2.05) is 0 Å². The summed E-state index contributed by atoms with van der Waals surface area (Å²) in [5.74, 6) is -0.369. The summed E-state index contributed by atoms with van der Waals surface area (Å²) >= 11 is 0. The van der Waals surface area contributed by atoms with E-state index in [9.17, 15) is 21.6 Å². The number of carbonyl (C=O) groups excluding carboxylic acids is 1. The summed E-state index contributed by atoms with van der Waals surface area (Å²) in [6.45, 7) is 0. The van der Waals surface area contributed by atoms with Gasteiger partial charge < -0.3 is 19.0 Å². The van der Waals surface area contributed by atoms with Crippen LogP contribution in [0.4, 0.5) is 16.2 Å². The molecule has 11 heteroatoms. The van der Waals surface area contributed by atoms with Crippen molar-refractivity contribution < 1.29 is 30.0 Å². The summed E-state index contributed by atoms with van der Waals surface area (Å²) in [5.41, 5.74) is 0.934. The van der Waals surface area contributed by atoms with Gasteiger partial charge in [-0.05, 0) is 42.0 Å². The van der Waals surface area contributed by atoms with E-state index < -0.39 is 26.3 Å². The molecule has 0 saturated carbocycles. The van der Waals surface area contributed by atoms with Crippen LogP contribution >= 0.6 is 0 Å². The minimum absolute atomic E-state index is 0.0198.